The largest absolute Gasteiger partial charge is 0.492 e. The van der Waals surface area contributed by atoms with Crippen LogP contribution in [0.1, 0.15) is 37.6 Å². The first-order valence-electron chi connectivity index (χ1n) is 7.80. The Morgan fingerprint density at radius 3 is 2.64 bits per heavy atom. The second-order valence-electron chi connectivity index (χ2n) is 6.00. The fraction of sp³-hybridized carbons (Fsp3) is 0.333. The molecule has 0 fully saturated rings. The third-order valence-electron chi connectivity index (χ3n) is 3.60. The zero-order valence-corrected chi connectivity index (χ0v) is 14.0. The summed E-state index contributed by atoms with van der Waals surface area (Å²) in [6.07, 6.45) is -2.91. The quantitative estimate of drug-likeness (QED) is 0.821. The lowest BCUT2D eigenvalue weighted by molar-refractivity contribution is -0.137. The summed E-state index contributed by atoms with van der Waals surface area (Å²) in [6, 6.07) is 6.77. The number of ether oxygens (including phenoxy) is 2. The number of hydrogen-bond donors (Lipinski definition) is 0. The average Bonchev–Trinajstić information content (AvgIpc) is 2.53. The van der Waals surface area contributed by atoms with Gasteiger partial charge in [-0.2, -0.15) is 13.2 Å². The van der Waals surface area contributed by atoms with Crippen LogP contribution in [0.5, 0.6) is 11.5 Å². The van der Waals surface area contributed by atoms with Crippen LogP contribution in [0.15, 0.2) is 41.5 Å². The molecule has 0 saturated carbocycles. The number of pyridine rings is 1. The molecule has 4 nitrogen and oxygen atoms in total. The van der Waals surface area contributed by atoms with Gasteiger partial charge in [0, 0.05) is 11.8 Å². The summed E-state index contributed by atoms with van der Waals surface area (Å²) in [5, 5.41) is 0. The van der Waals surface area contributed by atoms with E-state index < -0.39 is 17.5 Å². The van der Waals surface area contributed by atoms with Gasteiger partial charge in [0.2, 0.25) is 0 Å². The van der Waals surface area contributed by atoms with Crippen molar-refractivity contribution >= 4 is 5.71 Å². The van der Waals surface area contributed by atoms with E-state index in [1.54, 1.807) is 32.2 Å². The van der Waals surface area contributed by atoms with Gasteiger partial charge >= 0.3 is 6.18 Å². The maximum absolute atomic E-state index is 13.1. The second-order valence-corrected chi connectivity index (χ2v) is 6.00. The SMILES string of the molecule is CCOc1cccnc1C1=NC(C)(C)Oc2ccc(C(F)(F)F)cc21. The van der Waals surface area contributed by atoms with E-state index >= 15 is 0 Å². The maximum Gasteiger partial charge on any atom is 0.416 e. The summed E-state index contributed by atoms with van der Waals surface area (Å²) < 4.78 is 50.6. The lowest BCUT2D eigenvalue weighted by Crippen LogP contribution is -2.33. The van der Waals surface area contributed by atoms with Crippen LogP contribution < -0.4 is 9.47 Å². The van der Waals surface area contributed by atoms with Gasteiger partial charge in [-0.3, -0.25) is 4.98 Å². The predicted molar refractivity (Wildman–Crippen MR) is 87.2 cm³/mol. The summed E-state index contributed by atoms with van der Waals surface area (Å²) in [5.74, 6) is 0.793. The summed E-state index contributed by atoms with van der Waals surface area (Å²) in [7, 11) is 0. The van der Waals surface area contributed by atoms with Crippen LogP contribution in [-0.4, -0.2) is 23.0 Å². The first kappa shape index (κ1) is 17.3. The van der Waals surface area contributed by atoms with E-state index in [0.29, 0.717) is 29.5 Å². The van der Waals surface area contributed by atoms with Gasteiger partial charge in [-0.1, -0.05) is 0 Å². The summed E-state index contributed by atoms with van der Waals surface area (Å²) >= 11 is 0. The summed E-state index contributed by atoms with van der Waals surface area (Å²) in [5.41, 5.74) is -0.740. The predicted octanol–water partition coefficient (Wildman–Crippen LogP) is 4.47. The van der Waals surface area contributed by atoms with Gasteiger partial charge in [-0.25, -0.2) is 4.99 Å². The van der Waals surface area contributed by atoms with Crippen LogP contribution in [0, 0.1) is 0 Å². The molecule has 0 unspecified atom stereocenters. The van der Waals surface area contributed by atoms with Crippen LogP contribution in [0.4, 0.5) is 13.2 Å². The van der Waals surface area contributed by atoms with Crippen molar-refractivity contribution in [3.05, 3.63) is 53.3 Å². The molecule has 0 aliphatic carbocycles. The van der Waals surface area contributed by atoms with Gasteiger partial charge in [-0.05, 0) is 51.1 Å². The van der Waals surface area contributed by atoms with Crippen LogP contribution in [0.2, 0.25) is 0 Å². The van der Waals surface area contributed by atoms with Gasteiger partial charge in [0.05, 0.1) is 12.2 Å². The molecule has 0 bridgehead atoms. The van der Waals surface area contributed by atoms with Gasteiger partial charge in [0.25, 0.3) is 0 Å². The molecule has 1 aliphatic heterocycles. The zero-order valence-electron chi connectivity index (χ0n) is 14.0. The number of hydrogen-bond acceptors (Lipinski definition) is 4. The molecule has 1 aliphatic rings. The van der Waals surface area contributed by atoms with E-state index in [0.717, 1.165) is 12.1 Å². The van der Waals surface area contributed by atoms with E-state index in [1.165, 1.54) is 6.07 Å². The molecule has 25 heavy (non-hydrogen) atoms. The number of rotatable bonds is 3. The molecule has 1 aromatic heterocycles. The Kier molecular flexibility index (Phi) is 4.18. The van der Waals surface area contributed by atoms with E-state index in [4.69, 9.17) is 9.47 Å². The Morgan fingerprint density at radius 1 is 1.20 bits per heavy atom. The van der Waals surface area contributed by atoms with E-state index in [-0.39, 0.29) is 5.56 Å². The van der Waals surface area contributed by atoms with Gasteiger partial charge in [0.1, 0.15) is 22.9 Å². The zero-order chi connectivity index (χ0) is 18.2. The molecular weight excluding hydrogens is 333 g/mol. The first-order valence-corrected chi connectivity index (χ1v) is 7.80. The highest BCUT2D eigenvalue weighted by Gasteiger charge is 2.35. The second kappa shape index (κ2) is 6.06. The number of alkyl halides is 3. The summed E-state index contributed by atoms with van der Waals surface area (Å²) in [6.45, 7) is 5.69. The third kappa shape index (κ3) is 3.45. The molecule has 0 saturated heterocycles. The molecule has 2 heterocycles. The van der Waals surface area contributed by atoms with Crippen molar-refractivity contribution in [3.63, 3.8) is 0 Å². The minimum Gasteiger partial charge on any atom is -0.492 e. The molecule has 2 aromatic rings. The number of halogens is 3. The molecule has 3 rings (SSSR count). The minimum atomic E-state index is -4.46. The van der Waals surface area contributed by atoms with Crippen LogP contribution in [0.25, 0.3) is 0 Å². The fourth-order valence-electron chi connectivity index (χ4n) is 2.62. The van der Waals surface area contributed by atoms with Gasteiger partial charge in [0.15, 0.2) is 5.72 Å². The Balaban J connectivity index is 2.21. The van der Waals surface area contributed by atoms with Crippen LogP contribution in [0.3, 0.4) is 0 Å². The number of aromatic nitrogens is 1. The molecule has 0 radical (unpaired) electrons. The molecular formula is C18H17F3N2O2. The average molecular weight is 350 g/mol. The monoisotopic (exact) mass is 350 g/mol. The van der Waals surface area contributed by atoms with E-state index in [2.05, 4.69) is 9.98 Å². The smallest absolute Gasteiger partial charge is 0.416 e. The Morgan fingerprint density at radius 2 is 1.96 bits per heavy atom. The van der Waals surface area contributed by atoms with Crippen LogP contribution in [-0.2, 0) is 6.18 Å². The molecule has 0 atom stereocenters. The standard InChI is InChI=1S/C18H17F3N2O2/c1-4-24-14-6-5-9-22-16(14)15-12-10-11(18(19,20)21)7-8-13(12)25-17(2,3)23-15/h5-10H,4H2,1-3H3. The number of nitrogens with zero attached hydrogens (tertiary/aromatic N) is 2. The van der Waals surface area contributed by atoms with Crippen molar-refractivity contribution in [3.8, 4) is 11.5 Å². The van der Waals surface area contributed by atoms with Crippen molar-refractivity contribution in [1.29, 1.82) is 0 Å². The molecule has 1 aromatic carbocycles. The highest BCUT2D eigenvalue weighted by Crippen LogP contribution is 2.38. The van der Waals surface area contributed by atoms with Crippen molar-refractivity contribution < 1.29 is 22.6 Å². The number of benzene rings is 1. The normalized spacial score (nSPS) is 15.8. The van der Waals surface area contributed by atoms with Crippen molar-refractivity contribution in [1.82, 2.24) is 4.98 Å². The van der Waals surface area contributed by atoms with E-state index in [9.17, 15) is 13.2 Å². The third-order valence-corrected chi connectivity index (χ3v) is 3.60. The number of fused-ring (bicyclic) bond motifs is 1. The van der Waals surface area contributed by atoms with Crippen LogP contribution >= 0.6 is 0 Å². The molecule has 132 valence electrons. The Hall–Kier alpha value is -2.57. The van der Waals surface area contributed by atoms with E-state index in [1.807, 2.05) is 6.92 Å². The molecule has 7 heteroatoms. The number of aliphatic imine (C=N–C) groups is 1. The van der Waals surface area contributed by atoms with Gasteiger partial charge in [-0.15, -0.1) is 0 Å². The van der Waals surface area contributed by atoms with Crippen molar-refractivity contribution in [2.45, 2.75) is 32.7 Å². The van der Waals surface area contributed by atoms with Crippen molar-refractivity contribution in [2.24, 2.45) is 4.99 Å². The lowest BCUT2D eigenvalue weighted by atomic mass is 9.99. The fourth-order valence-corrected chi connectivity index (χ4v) is 2.62. The highest BCUT2D eigenvalue weighted by molar-refractivity contribution is 6.15. The summed E-state index contributed by atoms with van der Waals surface area (Å²) in [4.78, 5) is 8.76. The van der Waals surface area contributed by atoms with Gasteiger partial charge < -0.3 is 9.47 Å². The molecule has 0 amide bonds. The molecule has 0 N–H and O–H groups in total. The van der Waals surface area contributed by atoms with Crippen molar-refractivity contribution in [2.75, 3.05) is 6.61 Å². The lowest BCUT2D eigenvalue weighted by Gasteiger charge is -2.30. The first-order chi connectivity index (χ1) is 11.7. The minimum absolute atomic E-state index is 0.244. The molecule has 0 spiro atoms. The topological polar surface area (TPSA) is 43.7 Å². The highest BCUT2D eigenvalue weighted by atomic mass is 19.4. The maximum atomic E-state index is 13.1. The Bertz CT molecular complexity index is 829. The Labute approximate surface area is 143 Å².